The van der Waals surface area contributed by atoms with E-state index >= 15 is 0 Å². The van der Waals surface area contributed by atoms with Crippen LogP contribution >= 0.6 is 0 Å². The Kier molecular flexibility index (Phi) is 17.1. The number of nitrogens with two attached hydrogens (primary N) is 2. The van der Waals surface area contributed by atoms with Crippen LogP contribution in [0.25, 0.3) is 22.1 Å². The number of nitrogens with one attached hydrogen (secondary N) is 5. The van der Waals surface area contributed by atoms with Gasteiger partial charge in [-0.25, -0.2) is 14.8 Å². The second-order valence-corrected chi connectivity index (χ2v) is 18.2. The number of nitrogens with zero attached hydrogens (tertiary/aromatic N) is 8. The number of hydrogen-bond donors (Lipinski definition) is 7. The number of fused-ring (bicyclic) bond motifs is 2. The number of carbonyl (C=O) groups excluding carboxylic acids is 7. The number of ether oxygens (including phenoxy) is 3. The Bertz CT molecular complexity index is 3160. The Morgan fingerprint density at radius 3 is 1.62 bits per heavy atom. The topological polar surface area (TPSA) is 331 Å². The number of allylic oxidation sites excluding steroid dienone is 2. The molecule has 4 heterocycles. The zero-order chi connectivity index (χ0) is 54.2. The lowest BCUT2D eigenvalue weighted by atomic mass is 10.1. The van der Waals surface area contributed by atoms with Gasteiger partial charge in [-0.1, -0.05) is 12.2 Å². The summed E-state index contributed by atoms with van der Waals surface area (Å²) in [6.07, 6.45) is 3.06. The van der Waals surface area contributed by atoms with Crippen LogP contribution in [0.4, 0.5) is 16.7 Å². The van der Waals surface area contributed by atoms with Gasteiger partial charge in [-0.05, 0) is 105 Å². The number of carbonyl (C=O) groups is 7. The molecule has 2 atom stereocenters. The number of rotatable bonds is 22. The second-order valence-electron chi connectivity index (χ2n) is 18.2. The van der Waals surface area contributed by atoms with Crippen LogP contribution in [0, 0.1) is 13.8 Å². The maximum atomic E-state index is 13.9. The molecule has 74 heavy (non-hydrogen) atoms. The van der Waals surface area contributed by atoms with Gasteiger partial charge in [0.1, 0.15) is 51.6 Å². The molecule has 0 saturated heterocycles. The SMILES string of the molecule is CCn1nc(C)cc1C(=O)Nc1nc2cc(C(N)=O)cc(OC)c2n1C/C=C/Cn1c(NC(=O)c2cc(C)nn2CC)nc2cc(C(N)=O)cc(OCCCNC(=O)[C@H](C)NC(=O)[C@H](C)NC(=O)OC(C)(C)C)c21. The number of benzene rings is 2. The fourth-order valence-electron chi connectivity index (χ4n) is 7.76. The van der Waals surface area contributed by atoms with Crippen LogP contribution in [-0.2, 0) is 40.5 Å². The molecular weight excluding hydrogens is 959 g/mol. The van der Waals surface area contributed by atoms with Crippen LogP contribution in [0.2, 0.25) is 0 Å². The molecule has 0 unspecified atom stereocenters. The second kappa shape index (κ2) is 23.2. The van der Waals surface area contributed by atoms with Gasteiger partial charge in [-0.2, -0.15) is 10.2 Å². The number of methoxy groups -OCH3 is 1. The van der Waals surface area contributed by atoms with Crippen molar-refractivity contribution in [3.8, 4) is 11.5 Å². The summed E-state index contributed by atoms with van der Waals surface area (Å²) in [5.41, 5.74) is 14.2. The van der Waals surface area contributed by atoms with Gasteiger partial charge in [0, 0.05) is 43.9 Å². The Hall–Kier alpha value is -8.77. The molecule has 0 aliphatic heterocycles. The lowest BCUT2D eigenvalue weighted by Crippen LogP contribution is -2.52. The van der Waals surface area contributed by atoms with Gasteiger partial charge >= 0.3 is 6.09 Å². The van der Waals surface area contributed by atoms with E-state index in [1.807, 2.05) is 13.8 Å². The molecule has 2 aromatic carbocycles. The van der Waals surface area contributed by atoms with Gasteiger partial charge in [0.2, 0.25) is 35.5 Å². The van der Waals surface area contributed by atoms with Crippen molar-refractivity contribution in [3.63, 3.8) is 0 Å². The van der Waals surface area contributed by atoms with E-state index in [-0.39, 0.29) is 78.4 Å². The summed E-state index contributed by atoms with van der Waals surface area (Å²) in [5, 5.41) is 22.4. The normalized spacial score (nSPS) is 12.4. The summed E-state index contributed by atoms with van der Waals surface area (Å²) in [6.45, 7) is 16.4. The highest BCUT2D eigenvalue weighted by Gasteiger charge is 2.26. The summed E-state index contributed by atoms with van der Waals surface area (Å²) >= 11 is 0. The van der Waals surface area contributed by atoms with Crippen molar-refractivity contribution >= 4 is 75.5 Å². The summed E-state index contributed by atoms with van der Waals surface area (Å²) in [7, 11) is 1.43. The average Bonchev–Trinajstić information content (AvgIpc) is 4.10. The van der Waals surface area contributed by atoms with Crippen LogP contribution in [0.5, 0.6) is 11.5 Å². The van der Waals surface area contributed by atoms with Gasteiger partial charge in [0.05, 0.1) is 36.1 Å². The maximum absolute atomic E-state index is 13.9. The molecule has 6 rings (SSSR count). The molecular formula is C49H63N15O10. The zero-order valence-corrected chi connectivity index (χ0v) is 43.0. The predicted octanol–water partition coefficient (Wildman–Crippen LogP) is 3.71. The van der Waals surface area contributed by atoms with Gasteiger partial charge in [0.15, 0.2) is 0 Å². The maximum Gasteiger partial charge on any atom is 0.408 e. The molecule has 7 amide bonds. The van der Waals surface area contributed by atoms with Crippen molar-refractivity contribution < 1.29 is 47.8 Å². The van der Waals surface area contributed by atoms with Crippen LogP contribution < -0.4 is 47.5 Å². The fourth-order valence-corrected chi connectivity index (χ4v) is 7.76. The number of imidazole rings is 2. The molecule has 9 N–H and O–H groups in total. The van der Waals surface area contributed by atoms with Crippen molar-refractivity contribution in [3.05, 3.63) is 82.5 Å². The number of anilines is 2. The predicted molar refractivity (Wildman–Crippen MR) is 273 cm³/mol. The van der Waals surface area contributed by atoms with E-state index in [9.17, 15) is 33.6 Å². The minimum atomic E-state index is -0.983. The molecule has 4 aromatic heterocycles. The van der Waals surface area contributed by atoms with E-state index in [0.717, 1.165) is 0 Å². The molecule has 394 valence electrons. The molecule has 25 nitrogen and oxygen atoms in total. The molecule has 0 radical (unpaired) electrons. The van der Waals surface area contributed by atoms with Crippen molar-refractivity contribution in [2.24, 2.45) is 11.5 Å². The van der Waals surface area contributed by atoms with Gasteiger partial charge < -0.3 is 50.8 Å². The Balaban J connectivity index is 1.28. The molecule has 0 aliphatic carbocycles. The minimum absolute atomic E-state index is 0.0208. The van der Waals surface area contributed by atoms with Gasteiger partial charge in [-0.15, -0.1) is 0 Å². The highest BCUT2D eigenvalue weighted by molar-refractivity contribution is 6.05. The van der Waals surface area contributed by atoms with E-state index in [2.05, 4.69) is 41.8 Å². The van der Waals surface area contributed by atoms with E-state index in [1.165, 1.54) is 45.2 Å². The first-order valence-electron chi connectivity index (χ1n) is 23.8. The summed E-state index contributed by atoms with van der Waals surface area (Å²) in [4.78, 5) is 99.9. The lowest BCUT2D eigenvalue weighted by molar-refractivity contribution is -0.129. The first-order chi connectivity index (χ1) is 35.0. The number of aryl methyl sites for hydroxylation is 4. The lowest BCUT2D eigenvalue weighted by Gasteiger charge is -2.22. The Morgan fingerprint density at radius 1 is 0.689 bits per heavy atom. The minimum Gasteiger partial charge on any atom is -0.494 e. The van der Waals surface area contributed by atoms with Crippen LogP contribution in [0.1, 0.15) is 108 Å². The van der Waals surface area contributed by atoms with E-state index in [0.29, 0.717) is 46.7 Å². The standard InChI is InChI=1S/C49H63N15O10/c1-11-63-34(20-26(3)59-63)44(69)57-46-55-32-22-30(40(50)65)24-36(72-10)38(32)61(46)17-13-14-18-62-39-33(56-47(62)58-45(70)35-21-27(4)60-64(35)12-2)23-31(41(51)66)25-37(39)73-19-15-16-52-42(67)28(5)53-43(68)29(6)54-48(71)74-49(7,8)9/h13-14,20-25,28-29H,11-12,15-19H2,1-10H3,(H2,50,65)(H2,51,66)(H,52,67)(H,53,68)(H,54,71)(H,55,57,69)(H,56,58,70)/b14-13+/t28-,29-/m0/s1. The van der Waals surface area contributed by atoms with E-state index in [4.69, 9.17) is 30.7 Å². The third kappa shape index (κ3) is 13.0. The van der Waals surface area contributed by atoms with Crippen molar-refractivity contribution in [1.82, 2.24) is 54.6 Å². The highest BCUT2D eigenvalue weighted by atomic mass is 16.6. The molecule has 0 aliphatic rings. The Morgan fingerprint density at radius 2 is 1.16 bits per heavy atom. The summed E-state index contributed by atoms with van der Waals surface area (Å²) in [6, 6.07) is 7.29. The molecule has 0 fully saturated rings. The van der Waals surface area contributed by atoms with E-state index < -0.39 is 59.2 Å². The first-order valence-corrected chi connectivity index (χ1v) is 23.8. The highest BCUT2D eigenvalue weighted by Crippen LogP contribution is 2.33. The first kappa shape index (κ1) is 54.6. The van der Waals surface area contributed by atoms with Crippen molar-refractivity contribution in [2.45, 2.75) is 113 Å². The fraction of sp³-hybridized carbons (Fsp3) is 0.408. The largest absolute Gasteiger partial charge is 0.494 e. The van der Waals surface area contributed by atoms with Gasteiger partial charge in [-0.3, -0.25) is 48.8 Å². The molecule has 0 bridgehead atoms. The van der Waals surface area contributed by atoms with Crippen LogP contribution in [-0.4, -0.2) is 118 Å². The summed E-state index contributed by atoms with van der Waals surface area (Å²) in [5.74, 6) is -2.85. The molecule has 25 heteroatoms. The molecule has 0 spiro atoms. The Labute approximate surface area is 425 Å². The average molecular weight is 1020 g/mol. The van der Waals surface area contributed by atoms with Crippen molar-refractivity contribution in [1.29, 1.82) is 0 Å². The van der Waals surface area contributed by atoms with E-state index in [1.54, 1.807) is 77.4 Å². The van der Waals surface area contributed by atoms with Gasteiger partial charge in [0.25, 0.3) is 11.8 Å². The summed E-state index contributed by atoms with van der Waals surface area (Å²) < 4.78 is 23.7. The zero-order valence-electron chi connectivity index (χ0n) is 43.0. The molecule has 6 aromatic rings. The van der Waals surface area contributed by atoms with Crippen LogP contribution in [0.15, 0.2) is 48.6 Å². The number of aromatic nitrogens is 8. The van der Waals surface area contributed by atoms with Crippen molar-refractivity contribution in [2.75, 3.05) is 30.9 Å². The van der Waals surface area contributed by atoms with Crippen LogP contribution in [0.3, 0.4) is 0 Å². The monoisotopic (exact) mass is 1020 g/mol. The third-order valence-electron chi connectivity index (χ3n) is 11.2. The smallest absolute Gasteiger partial charge is 0.408 e. The number of hydrogen-bond acceptors (Lipinski definition) is 14. The number of amides is 7. The quantitative estimate of drug-likeness (QED) is 0.0377. The number of alkyl carbamates (subject to hydrolysis) is 1. The third-order valence-corrected chi connectivity index (χ3v) is 11.2. The molecule has 0 saturated carbocycles. The number of primary amides is 2.